The maximum Gasteiger partial charge on any atom is 0.240 e. The second kappa shape index (κ2) is 8.85. The maximum atomic E-state index is 12.8. The predicted molar refractivity (Wildman–Crippen MR) is 107 cm³/mol. The zero-order valence-electron chi connectivity index (χ0n) is 15.8. The Morgan fingerprint density at radius 2 is 2.00 bits per heavy atom. The number of fused-ring (bicyclic) bond motifs is 1. The summed E-state index contributed by atoms with van der Waals surface area (Å²) in [4.78, 5) is 14.8. The molecule has 146 valence electrons. The van der Waals surface area contributed by atoms with Crippen LogP contribution in [0.2, 0.25) is 0 Å². The molecule has 2 aliphatic heterocycles. The van der Waals surface area contributed by atoms with Crippen molar-refractivity contribution in [2.45, 2.75) is 57.7 Å². The van der Waals surface area contributed by atoms with Gasteiger partial charge in [0.25, 0.3) is 0 Å². The fourth-order valence-corrected chi connectivity index (χ4v) is 4.14. The molecule has 1 aromatic carbocycles. The maximum absolute atomic E-state index is 12.8. The molecule has 4 rings (SSSR count). The number of rotatable bonds is 4. The van der Waals surface area contributed by atoms with Crippen molar-refractivity contribution in [3.63, 3.8) is 0 Å². The number of benzene rings is 1. The van der Waals surface area contributed by atoms with E-state index in [1.165, 1.54) is 12.0 Å². The van der Waals surface area contributed by atoms with Gasteiger partial charge in [0.1, 0.15) is 5.82 Å². The molecule has 0 aliphatic carbocycles. The molecule has 2 aliphatic rings. The smallest absolute Gasteiger partial charge is 0.240 e. The van der Waals surface area contributed by atoms with Crippen LogP contribution < -0.4 is 5.32 Å². The van der Waals surface area contributed by atoms with Crippen LogP contribution in [-0.2, 0) is 24.2 Å². The summed E-state index contributed by atoms with van der Waals surface area (Å²) in [7, 11) is 0. The van der Waals surface area contributed by atoms with E-state index in [0.29, 0.717) is 6.54 Å². The van der Waals surface area contributed by atoms with Crippen molar-refractivity contribution in [2.75, 3.05) is 13.1 Å². The van der Waals surface area contributed by atoms with Crippen LogP contribution in [0.3, 0.4) is 0 Å². The number of halogens is 1. The van der Waals surface area contributed by atoms with Crippen LogP contribution in [0.25, 0.3) is 0 Å². The second-order valence-corrected chi connectivity index (χ2v) is 7.46. The first kappa shape index (κ1) is 19.8. The average molecular weight is 390 g/mol. The van der Waals surface area contributed by atoms with Gasteiger partial charge in [0.05, 0.1) is 18.6 Å². The van der Waals surface area contributed by atoms with E-state index in [0.717, 1.165) is 50.4 Å². The third-order valence-electron chi connectivity index (χ3n) is 5.49. The average Bonchev–Trinajstić information content (AvgIpc) is 3.11. The second-order valence-electron chi connectivity index (χ2n) is 7.46. The Morgan fingerprint density at radius 3 is 2.74 bits per heavy atom. The summed E-state index contributed by atoms with van der Waals surface area (Å²) in [5.41, 5.74) is 1.31. The minimum atomic E-state index is -0.0250. The van der Waals surface area contributed by atoms with Crippen molar-refractivity contribution in [3.8, 4) is 0 Å². The first-order valence-electron chi connectivity index (χ1n) is 9.71. The number of carbonyl (C=O) groups excluding carboxylic acids is 1. The van der Waals surface area contributed by atoms with Crippen LogP contribution >= 0.6 is 12.4 Å². The van der Waals surface area contributed by atoms with E-state index in [1.807, 2.05) is 11.0 Å². The zero-order chi connectivity index (χ0) is 17.9. The molecule has 0 saturated carbocycles. The molecule has 7 heteroatoms. The van der Waals surface area contributed by atoms with E-state index < -0.39 is 0 Å². The van der Waals surface area contributed by atoms with Gasteiger partial charge in [0.15, 0.2) is 5.82 Å². The predicted octanol–water partition coefficient (Wildman–Crippen LogP) is 2.53. The Morgan fingerprint density at radius 1 is 1.19 bits per heavy atom. The summed E-state index contributed by atoms with van der Waals surface area (Å²) in [6, 6.07) is 10.7. The number of piperidine rings is 1. The first-order valence-corrected chi connectivity index (χ1v) is 9.71. The lowest BCUT2D eigenvalue weighted by Crippen LogP contribution is -2.51. The lowest BCUT2D eigenvalue weighted by Gasteiger charge is -2.35. The van der Waals surface area contributed by atoms with Gasteiger partial charge >= 0.3 is 0 Å². The highest BCUT2D eigenvalue weighted by molar-refractivity contribution is 5.85. The van der Waals surface area contributed by atoms with E-state index in [-0.39, 0.29) is 30.4 Å². The number of nitrogens with one attached hydrogen (secondary N) is 1. The largest absolute Gasteiger partial charge is 0.332 e. The van der Waals surface area contributed by atoms with Crippen LogP contribution in [0.15, 0.2) is 30.3 Å². The molecule has 1 fully saturated rings. The van der Waals surface area contributed by atoms with Crippen molar-refractivity contribution in [3.05, 3.63) is 47.5 Å². The number of carbonyl (C=O) groups is 1. The summed E-state index contributed by atoms with van der Waals surface area (Å²) in [5.74, 6) is 2.16. The molecule has 2 aromatic rings. The normalized spacial score (nSPS) is 22.0. The molecule has 1 aromatic heterocycles. The Balaban J connectivity index is 0.00000210. The molecular formula is C20H28ClN5O. The third-order valence-corrected chi connectivity index (χ3v) is 5.49. The minimum absolute atomic E-state index is 0. The van der Waals surface area contributed by atoms with E-state index in [9.17, 15) is 4.79 Å². The topological polar surface area (TPSA) is 63.1 Å². The molecule has 2 atom stereocenters. The van der Waals surface area contributed by atoms with E-state index in [1.54, 1.807) is 0 Å². The van der Waals surface area contributed by atoms with Crippen LogP contribution in [0.5, 0.6) is 0 Å². The van der Waals surface area contributed by atoms with Gasteiger partial charge in [-0.25, -0.2) is 0 Å². The van der Waals surface area contributed by atoms with Crippen molar-refractivity contribution >= 4 is 18.3 Å². The summed E-state index contributed by atoms with van der Waals surface area (Å²) in [6.07, 6.45) is 5.07. The zero-order valence-corrected chi connectivity index (χ0v) is 16.6. The molecule has 1 saturated heterocycles. The highest BCUT2D eigenvalue weighted by Gasteiger charge is 2.32. The highest BCUT2D eigenvalue weighted by Crippen LogP contribution is 2.24. The molecular weight excluding hydrogens is 362 g/mol. The number of aryl methyl sites for hydroxylation is 2. The van der Waals surface area contributed by atoms with Gasteiger partial charge in [-0.1, -0.05) is 36.8 Å². The van der Waals surface area contributed by atoms with Crippen molar-refractivity contribution < 1.29 is 4.79 Å². The van der Waals surface area contributed by atoms with Crippen LogP contribution in [0.1, 0.15) is 49.4 Å². The molecule has 3 heterocycles. The van der Waals surface area contributed by atoms with E-state index >= 15 is 0 Å². The number of hydrogen-bond acceptors (Lipinski definition) is 4. The lowest BCUT2D eigenvalue weighted by atomic mass is 10.0. The van der Waals surface area contributed by atoms with Gasteiger partial charge in [-0.3, -0.25) is 4.79 Å². The molecule has 1 N–H and O–H groups in total. The van der Waals surface area contributed by atoms with Gasteiger partial charge < -0.3 is 14.8 Å². The fourth-order valence-electron chi connectivity index (χ4n) is 4.14. The Hall–Kier alpha value is -1.92. The summed E-state index contributed by atoms with van der Waals surface area (Å²) < 4.78 is 2.24. The standard InChI is InChI=1S/C20H27N5O.ClH/c1-15-13-24(20(26)17-9-5-6-12-21-17)14-19-23-22-18(25(15)19)11-10-16-7-3-2-4-8-16;/h2-4,7-8,15,17,21H,5-6,9-14H2,1H3;1H/t15-,17-;/m0./s1. The Kier molecular flexibility index (Phi) is 6.50. The highest BCUT2D eigenvalue weighted by atomic mass is 35.5. The van der Waals surface area contributed by atoms with Crippen molar-refractivity contribution in [2.24, 2.45) is 0 Å². The third kappa shape index (κ3) is 4.33. The Labute approximate surface area is 166 Å². The van der Waals surface area contributed by atoms with Gasteiger partial charge in [-0.05, 0) is 38.3 Å². The molecule has 0 spiro atoms. The van der Waals surface area contributed by atoms with E-state index in [2.05, 4.69) is 51.3 Å². The van der Waals surface area contributed by atoms with Gasteiger partial charge in [-0.2, -0.15) is 0 Å². The fraction of sp³-hybridized carbons (Fsp3) is 0.550. The monoisotopic (exact) mass is 389 g/mol. The number of aromatic nitrogens is 3. The summed E-state index contributed by atoms with van der Waals surface area (Å²) >= 11 is 0. The number of amides is 1. The number of nitrogens with zero attached hydrogens (tertiary/aromatic N) is 4. The molecule has 6 nitrogen and oxygen atoms in total. The van der Waals surface area contributed by atoms with Gasteiger partial charge in [-0.15, -0.1) is 22.6 Å². The lowest BCUT2D eigenvalue weighted by molar-refractivity contribution is -0.136. The van der Waals surface area contributed by atoms with Crippen LogP contribution in [0.4, 0.5) is 0 Å². The first-order chi connectivity index (χ1) is 12.7. The van der Waals surface area contributed by atoms with Gasteiger partial charge in [0.2, 0.25) is 5.91 Å². The Bertz CT molecular complexity index is 757. The van der Waals surface area contributed by atoms with Crippen molar-refractivity contribution in [1.29, 1.82) is 0 Å². The van der Waals surface area contributed by atoms with Crippen molar-refractivity contribution in [1.82, 2.24) is 25.0 Å². The minimum Gasteiger partial charge on any atom is -0.332 e. The quantitative estimate of drug-likeness (QED) is 0.872. The molecule has 0 bridgehead atoms. The van der Waals surface area contributed by atoms with Gasteiger partial charge in [0, 0.05) is 13.0 Å². The summed E-state index contributed by atoms with van der Waals surface area (Å²) in [6.45, 7) is 4.41. The number of hydrogen-bond donors (Lipinski definition) is 1. The van der Waals surface area contributed by atoms with Crippen LogP contribution in [-0.4, -0.2) is 44.7 Å². The van der Waals surface area contributed by atoms with E-state index in [4.69, 9.17) is 0 Å². The molecule has 27 heavy (non-hydrogen) atoms. The molecule has 0 unspecified atom stereocenters. The summed E-state index contributed by atoms with van der Waals surface area (Å²) in [5, 5.41) is 12.2. The SMILES string of the molecule is C[C@H]1CN(C(=O)[C@@H]2CCCCN2)Cc2nnc(CCc3ccccc3)n21.Cl. The molecule has 0 radical (unpaired) electrons. The molecule has 1 amide bonds. The van der Waals surface area contributed by atoms with Crippen LogP contribution in [0, 0.1) is 0 Å².